The summed E-state index contributed by atoms with van der Waals surface area (Å²) in [7, 11) is 2.91. The van der Waals surface area contributed by atoms with Crippen LogP contribution in [0.2, 0.25) is 0 Å². The quantitative estimate of drug-likeness (QED) is 0.251. The first-order valence-corrected chi connectivity index (χ1v) is 11.1. The zero-order valence-corrected chi connectivity index (χ0v) is 19.6. The van der Waals surface area contributed by atoms with Gasteiger partial charge in [0, 0.05) is 42.0 Å². The lowest BCUT2D eigenvalue weighted by Gasteiger charge is -2.16. The Morgan fingerprint density at radius 3 is 2.65 bits per heavy atom. The molecule has 2 aromatic heterocycles. The molecule has 176 valence electrons. The van der Waals surface area contributed by atoms with E-state index < -0.39 is 12.0 Å². The summed E-state index contributed by atoms with van der Waals surface area (Å²) in [6, 6.07) is 14.4. The highest BCUT2D eigenvalue weighted by molar-refractivity contribution is 7.71. The number of esters is 1. The number of hydrogen-bond donors (Lipinski definition) is 3. The molecular weight excluding hydrogens is 454 g/mol. The molecule has 3 N–H and O–H groups in total. The molecule has 0 aliphatic heterocycles. The fraction of sp³-hybridized carbons (Fsp3) is 0.250. The number of H-pyrrole nitrogens is 2. The van der Waals surface area contributed by atoms with Crippen molar-refractivity contribution < 1.29 is 19.1 Å². The summed E-state index contributed by atoms with van der Waals surface area (Å²) < 4.78 is 12.3. The summed E-state index contributed by atoms with van der Waals surface area (Å²) in [6.07, 6.45) is 2.27. The number of para-hydroxylation sites is 1. The van der Waals surface area contributed by atoms with E-state index in [4.69, 9.17) is 21.7 Å². The van der Waals surface area contributed by atoms with Crippen molar-refractivity contribution in [3.8, 4) is 17.1 Å². The van der Waals surface area contributed by atoms with E-state index in [2.05, 4.69) is 20.5 Å². The Kier molecular flexibility index (Phi) is 7.07. The number of benzene rings is 2. The van der Waals surface area contributed by atoms with E-state index in [1.54, 1.807) is 11.7 Å². The molecule has 0 spiro atoms. The van der Waals surface area contributed by atoms with Crippen LogP contribution in [0.25, 0.3) is 22.3 Å². The van der Waals surface area contributed by atoms with Gasteiger partial charge in [-0.3, -0.25) is 14.5 Å². The molecule has 0 unspecified atom stereocenters. The third-order valence-corrected chi connectivity index (χ3v) is 5.90. The molecule has 0 aliphatic carbocycles. The summed E-state index contributed by atoms with van der Waals surface area (Å²) in [4.78, 5) is 28.4. The summed E-state index contributed by atoms with van der Waals surface area (Å²) in [5.41, 5.74) is 2.72. The molecule has 10 heteroatoms. The fourth-order valence-electron chi connectivity index (χ4n) is 3.82. The molecule has 0 aliphatic rings. The van der Waals surface area contributed by atoms with Gasteiger partial charge in [0.1, 0.15) is 11.8 Å². The Hall–Kier alpha value is -3.92. The number of ether oxygens (including phenoxy) is 2. The van der Waals surface area contributed by atoms with Crippen LogP contribution in [0.4, 0.5) is 0 Å². The zero-order chi connectivity index (χ0) is 24.1. The predicted octanol–water partition coefficient (Wildman–Crippen LogP) is 3.39. The number of methoxy groups -OCH3 is 2. The van der Waals surface area contributed by atoms with Gasteiger partial charge in [-0.15, -0.1) is 0 Å². The Balaban J connectivity index is 1.45. The number of amides is 1. The second-order valence-corrected chi connectivity index (χ2v) is 8.08. The van der Waals surface area contributed by atoms with Crippen LogP contribution in [0.15, 0.2) is 54.7 Å². The van der Waals surface area contributed by atoms with Crippen molar-refractivity contribution in [1.82, 2.24) is 25.1 Å². The molecule has 0 saturated heterocycles. The van der Waals surface area contributed by atoms with Gasteiger partial charge in [-0.25, -0.2) is 4.79 Å². The number of rotatable bonds is 9. The van der Waals surface area contributed by atoms with Crippen LogP contribution >= 0.6 is 12.2 Å². The Labute approximate surface area is 201 Å². The second kappa shape index (κ2) is 10.3. The molecule has 0 saturated carbocycles. The molecule has 4 aromatic rings. The number of carbonyl (C=O) groups excluding carboxylic acids is 2. The lowest BCUT2D eigenvalue weighted by atomic mass is 10.0. The molecule has 34 heavy (non-hydrogen) atoms. The molecule has 4 rings (SSSR count). The number of aromatic amines is 2. The van der Waals surface area contributed by atoms with Gasteiger partial charge >= 0.3 is 5.97 Å². The minimum absolute atomic E-state index is 0.109. The second-order valence-electron chi connectivity index (χ2n) is 7.69. The Morgan fingerprint density at radius 2 is 1.91 bits per heavy atom. The Bertz CT molecular complexity index is 1360. The molecule has 2 heterocycles. The van der Waals surface area contributed by atoms with Gasteiger partial charge in [-0.05, 0) is 48.1 Å². The third-order valence-electron chi connectivity index (χ3n) is 5.59. The number of fused-ring (bicyclic) bond motifs is 1. The normalized spacial score (nSPS) is 11.8. The van der Waals surface area contributed by atoms with Gasteiger partial charge in [-0.1, -0.05) is 18.2 Å². The fourth-order valence-corrected chi connectivity index (χ4v) is 4.04. The van der Waals surface area contributed by atoms with Crippen LogP contribution in [-0.4, -0.2) is 51.9 Å². The molecule has 9 nitrogen and oxygen atoms in total. The molecule has 0 bridgehead atoms. The van der Waals surface area contributed by atoms with Crippen LogP contribution in [0.3, 0.4) is 0 Å². The first kappa shape index (κ1) is 23.2. The maximum Gasteiger partial charge on any atom is 0.328 e. The molecular formula is C24H25N5O4S. The van der Waals surface area contributed by atoms with E-state index in [1.165, 1.54) is 7.11 Å². The highest BCUT2D eigenvalue weighted by atomic mass is 32.1. The summed E-state index contributed by atoms with van der Waals surface area (Å²) in [5.74, 6) is 0.549. The van der Waals surface area contributed by atoms with Crippen LogP contribution in [-0.2, 0) is 27.3 Å². The van der Waals surface area contributed by atoms with E-state index in [9.17, 15) is 9.59 Å². The highest BCUT2D eigenvalue weighted by Gasteiger charge is 2.23. The van der Waals surface area contributed by atoms with Crippen LogP contribution < -0.4 is 10.1 Å². The summed E-state index contributed by atoms with van der Waals surface area (Å²) in [5, 5.41) is 10.9. The predicted molar refractivity (Wildman–Crippen MR) is 130 cm³/mol. The van der Waals surface area contributed by atoms with Gasteiger partial charge in [0.25, 0.3) is 0 Å². The van der Waals surface area contributed by atoms with Crippen molar-refractivity contribution in [3.63, 3.8) is 0 Å². The van der Waals surface area contributed by atoms with Crippen LogP contribution in [0, 0.1) is 4.77 Å². The summed E-state index contributed by atoms with van der Waals surface area (Å²) >= 11 is 5.35. The lowest BCUT2D eigenvalue weighted by molar-refractivity contribution is -0.145. The van der Waals surface area contributed by atoms with Gasteiger partial charge in [-0.2, -0.15) is 5.10 Å². The van der Waals surface area contributed by atoms with Crippen molar-refractivity contribution in [2.24, 2.45) is 0 Å². The Morgan fingerprint density at radius 1 is 1.15 bits per heavy atom. The number of nitrogens with zero attached hydrogens (tertiary/aromatic N) is 2. The van der Waals surface area contributed by atoms with E-state index in [0.29, 0.717) is 23.6 Å². The smallest absolute Gasteiger partial charge is 0.328 e. The van der Waals surface area contributed by atoms with E-state index in [0.717, 1.165) is 27.8 Å². The van der Waals surface area contributed by atoms with Crippen molar-refractivity contribution >= 4 is 35.0 Å². The van der Waals surface area contributed by atoms with E-state index in [1.807, 2.05) is 54.7 Å². The van der Waals surface area contributed by atoms with Crippen molar-refractivity contribution in [1.29, 1.82) is 0 Å². The van der Waals surface area contributed by atoms with Crippen molar-refractivity contribution in [2.75, 3.05) is 14.2 Å². The van der Waals surface area contributed by atoms with Gasteiger partial charge in [0.2, 0.25) is 5.91 Å². The van der Waals surface area contributed by atoms with Gasteiger partial charge in [0.15, 0.2) is 10.6 Å². The lowest BCUT2D eigenvalue weighted by Crippen LogP contribution is -2.43. The number of hydrogen-bond acceptors (Lipinski definition) is 6. The maximum atomic E-state index is 12.8. The molecule has 0 radical (unpaired) electrons. The van der Waals surface area contributed by atoms with Crippen molar-refractivity contribution in [3.05, 3.63) is 65.1 Å². The largest absolute Gasteiger partial charge is 0.497 e. The first-order chi connectivity index (χ1) is 16.5. The highest BCUT2D eigenvalue weighted by Crippen LogP contribution is 2.22. The van der Waals surface area contributed by atoms with Gasteiger partial charge < -0.3 is 19.8 Å². The maximum absolute atomic E-state index is 12.8. The molecule has 0 fully saturated rings. The molecule has 1 amide bonds. The topological polar surface area (TPSA) is 114 Å². The SMILES string of the molecule is COC(=O)[C@@H](Cc1c[nH]c2ccccc12)NC(=O)CCn1c(-c2ccc(OC)cc2)n[nH]c1=S. The standard InChI is InChI=1S/C24H25N5O4S/c1-32-17-9-7-15(8-10-17)22-27-28-24(34)29(22)12-11-21(30)26-20(23(31)33-2)13-16-14-25-19-6-4-3-5-18(16)19/h3-10,14,20,25H,11-13H2,1-2H3,(H,26,30)(H,28,34)/t20-/m1/s1. The number of aromatic nitrogens is 4. The zero-order valence-electron chi connectivity index (χ0n) is 18.8. The van der Waals surface area contributed by atoms with Crippen LogP contribution in [0.5, 0.6) is 5.75 Å². The summed E-state index contributed by atoms with van der Waals surface area (Å²) in [6.45, 7) is 0.295. The monoisotopic (exact) mass is 479 g/mol. The number of carbonyl (C=O) groups is 2. The van der Waals surface area contributed by atoms with E-state index in [-0.39, 0.29) is 12.3 Å². The minimum atomic E-state index is -0.810. The van der Waals surface area contributed by atoms with Gasteiger partial charge in [0.05, 0.1) is 14.2 Å². The molecule has 2 aromatic carbocycles. The average molecular weight is 480 g/mol. The van der Waals surface area contributed by atoms with Crippen molar-refractivity contribution in [2.45, 2.75) is 25.4 Å². The number of nitrogens with one attached hydrogen (secondary N) is 3. The first-order valence-electron chi connectivity index (χ1n) is 10.7. The van der Waals surface area contributed by atoms with E-state index >= 15 is 0 Å². The third kappa shape index (κ3) is 5.01. The minimum Gasteiger partial charge on any atom is -0.497 e. The van der Waals surface area contributed by atoms with Crippen LogP contribution in [0.1, 0.15) is 12.0 Å². The average Bonchev–Trinajstić information content (AvgIpc) is 3.45. The molecule has 1 atom stereocenters.